The molecule has 0 saturated heterocycles. The number of nitrogens with zero attached hydrogens (tertiary/aromatic N) is 1. The van der Waals surface area contributed by atoms with E-state index in [0.717, 1.165) is 6.42 Å². The molecule has 0 spiro atoms. The number of carboxylic acids is 1. The molecule has 0 aliphatic heterocycles. The highest BCUT2D eigenvalue weighted by Gasteiger charge is 2.12. The number of anilines is 1. The van der Waals surface area contributed by atoms with E-state index < -0.39 is 5.97 Å². The number of aromatic nitrogens is 1. The summed E-state index contributed by atoms with van der Waals surface area (Å²) in [6.07, 6.45) is 2.61. The van der Waals surface area contributed by atoms with Crippen molar-refractivity contribution in [2.75, 3.05) is 25.1 Å². The van der Waals surface area contributed by atoms with Gasteiger partial charge in [-0.25, -0.2) is 9.78 Å². The van der Waals surface area contributed by atoms with E-state index in [9.17, 15) is 4.79 Å². The van der Waals surface area contributed by atoms with Crippen molar-refractivity contribution in [2.45, 2.75) is 6.42 Å². The zero-order valence-electron chi connectivity index (χ0n) is 8.81. The first-order valence-corrected chi connectivity index (χ1v) is 5.73. The van der Waals surface area contributed by atoms with Gasteiger partial charge in [-0.3, -0.25) is 0 Å². The third-order valence-corrected chi connectivity index (χ3v) is 2.55. The van der Waals surface area contributed by atoms with Crippen LogP contribution < -0.4 is 5.32 Å². The van der Waals surface area contributed by atoms with Crippen LogP contribution in [-0.2, 0) is 4.74 Å². The summed E-state index contributed by atoms with van der Waals surface area (Å²) in [5, 5.41) is 12.3. The number of aromatic carboxylic acids is 1. The fraction of sp³-hybridized carbons (Fsp3) is 0.400. The van der Waals surface area contributed by atoms with Gasteiger partial charge in [0.05, 0.1) is 18.7 Å². The number of thiazole rings is 1. The van der Waals surface area contributed by atoms with Crippen molar-refractivity contribution >= 4 is 22.3 Å². The summed E-state index contributed by atoms with van der Waals surface area (Å²) < 4.78 is 5.28. The van der Waals surface area contributed by atoms with Crippen LogP contribution in [-0.4, -0.2) is 35.8 Å². The van der Waals surface area contributed by atoms with Gasteiger partial charge in [0.25, 0.3) is 0 Å². The maximum absolute atomic E-state index is 10.7. The largest absolute Gasteiger partial charge is 0.476 e. The van der Waals surface area contributed by atoms with E-state index in [1.54, 1.807) is 6.08 Å². The maximum Gasteiger partial charge on any atom is 0.357 e. The molecule has 0 atom stereocenters. The third-order valence-electron chi connectivity index (χ3n) is 1.77. The summed E-state index contributed by atoms with van der Waals surface area (Å²) in [6.45, 7) is 5.32. The average molecular weight is 242 g/mol. The van der Waals surface area contributed by atoms with Crippen LogP contribution in [0.3, 0.4) is 0 Å². The zero-order chi connectivity index (χ0) is 11.8. The molecule has 1 heterocycles. The Morgan fingerprint density at radius 1 is 1.69 bits per heavy atom. The summed E-state index contributed by atoms with van der Waals surface area (Å²) in [6, 6.07) is 0. The molecule has 0 aliphatic carbocycles. The quantitative estimate of drug-likeness (QED) is 0.537. The molecule has 6 heteroatoms. The Labute approximate surface area is 97.8 Å². The third kappa shape index (κ3) is 4.00. The number of rotatable bonds is 8. The van der Waals surface area contributed by atoms with Crippen molar-refractivity contribution in [1.29, 1.82) is 0 Å². The first-order chi connectivity index (χ1) is 7.75. The minimum atomic E-state index is -1.02. The zero-order valence-corrected chi connectivity index (χ0v) is 9.63. The molecular weight excluding hydrogens is 228 g/mol. The lowest BCUT2D eigenvalue weighted by Gasteiger charge is -2.04. The van der Waals surface area contributed by atoms with Gasteiger partial charge < -0.3 is 15.2 Å². The Morgan fingerprint density at radius 2 is 2.50 bits per heavy atom. The minimum Gasteiger partial charge on any atom is -0.476 e. The minimum absolute atomic E-state index is 0.0658. The molecule has 0 fully saturated rings. The molecule has 1 aromatic heterocycles. The fourth-order valence-electron chi connectivity index (χ4n) is 1.03. The van der Waals surface area contributed by atoms with Crippen molar-refractivity contribution < 1.29 is 14.6 Å². The first kappa shape index (κ1) is 12.7. The number of hydrogen-bond acceptors (Lipinski definition) is 5. The fourth-order valence-corrected chi connectivity index (χ4v) is 1.73. The van der Waals surface area contributed by atoms with Crippen LogP contribution in [0.2, 0.25) is 0 Å². The normalized spacial score (nSPS) is 10.0. The highest BCUT2D eigenvalue weighted by molar-refractivity contribution is 7.14. The van der Waals surface area contributed by atoms with E-state index in [2.05, 4.69) is 16.9 Å². The molecule has 0 aromatic carbocycles. The summed E-state index contributed by atoms with van der Waals surface area (Å²) in [5.41, 5.74) is 1.57. The second-order valence-corrected chi connectivity index (χ2v) is 3.81. The van der Waals surface area contributed by atoms with E-state index in [4.69, 9.17) is 9.84 Å². The molecule has 0 saturated carbocycles. The average Bonchev–Trinajstić information content (AvgIpc) is 2.71. The molecule has 0 unspecified atom stereocenters. The van der Waals surface area contributed by atoms with Gasteiger partial charge in [-0.1, -0.05) is 6.08 Å². The summed E-state index contributed by atoms with van der Waals surface area (Å²) >= 11 is 1.27. The SMILES string of the molecule is C=CCCOCCNc1scnc1C(=O)O. The Kier molecular flexibility index (Phi) is 5.52. The van der Waals surface area contributed by atoms with Gasteiger partial charge >= 0.3 is 5.97 Å². The van der Waals surface area contributed by atoms with Crippen molar-refractivity contribution in [3.05, 3.63) is 23.9 Å². The van der Waals surface area contributed by atoms with Crippen LogP contribution in [0.4, 0.5) is 5.00 Å². The maximum atomic E-state index is 10.7. The highest BCUT2D eigenvalue weighted by Crippen LogP contribution is 2.19. The molecule has 1 aromatic rings. The van der Waals surface area contributed by atoms with Crippen LogP contribution in [0, 0.1) is 0 Å². The first-order valence-electron chi connectivity index (χ1n) is 4.85. The number of carbonyl (C=O) groups is 1. The van der Waals surface area contributed by atoms with Crippen molar-refractivity contribution in [1.82, 2.24) is 4.98 Å². The Morgan fingerprint density at radius 3 is 3.19 bits per heavy atom. The van der Waals surface area contributed by atoms with Gasteiger partial charge in [-0.05, 0) is 6.42 Å². The van der Waals surface area contributed by atoms with E-state index >= 15 is 0 Å². The molecule has 88 valence electrons. The second-order valence-electron chi connectivity index (χ2n) is 2.95. The van der Waals surface area contributed by atoms with Crippen LogP contribution in [0.15, 0.2) is 18.2 Å². The molecule has 0 radical (unpaired) electrons. The molecule has 1 rings (SSSR count). The van der Waals surface area contributed by atoms with E-state index in [0.29, 0.717) is 24.8 Å². The molecule has 0 bridgehead atoms. The van der Waals surface area contributed by atoms with Gasteiger partial charge in [0.2, 0.25) is 0 Å². The van der Waals surface area contributed by atoms with Gasteiger partial charge in [-0.2, -0.15) is 0 Å². The number of carboxylic acid groups (broad SMARTS) is 1. The molecule has 2 N–H and O–H groups in total. The number of hydrogen-bond donors (Lipinski definition) is 2. The van der Waals surface area contributed by atoms with Crippen LogP contribution in [0.5, 0.6) is 0 Å². The number of nitrogens with one attached hydrogen (secondary N) is 1. The summed E-state index contributed by atoms with van der Waals surface area (Å²) in [7, 11) is 0. The highest BCUT2D eigenvalue weighted by atomic mass is 32.1. The van der Waals surface area contributed by atoms with Gasteiger partial charge in [0.1, 0.15) is 5.00 Å². The monoisotopic (exact) mass is 242 g/mol. The second kappa shape index (κ2) is 6.97. The summed E-state index contributed by atoms with van der Waals surface area (Å²) in [4.78, 5) is 14.5. The molecule has 0 amide bonds. The van der Waals surface area contributed by atoms with Crippen molar-refractivity contribution in [3.63, 3.8) is 0 Å². The predicted molar refractivity (Wildman–Crippen MR) is 63.2 cm³/mol. The van der Waals surface area contributed by atoms with E-state index in [1.807, 2.05) is 0 Å². The van der Waals surface area contributed by atoms with Crippen LogP contribution >= 0.6 is 11.3 Å². The van der Waals surface area contributed by atoms with Crippen molar-refractivity contribution in [2.24, 2.45) is 0 Å². The molecule has 5 nitrogen and oxygen atoms in total. The Balaban J connectivity index is 2.24. The molecular formula is C10H14N2O3S. The summed E-state index contributed by atoms with van der Waals surface area (Å²) in [5.74, 6) is -1.02. The molecule has 0 aliphatic rings. The van der Waals surface area contributed by atoms with Crippen molar-refractivity contribution in [3.8, 4) is 0 Å². The number of ether oxygens (including phenoxy) is 1. The van der Waals surface area contributed by atoms with Crippen LogP contribution in [0.1, 0.15) is 16.9 Å². The predicted octanol–water partition coefficient (Wildman–Crippen LogP) is 1.85. The van der Waals surface area contributed by atoms with Crippen LogP contribution in [0.25, 0.3) is 0 Å². The van der Waals surface area contributed by atoms with E-state index in [1.165, 1.54) is 16.8 Å². The standard InChI is InChI=1S/C10H14N2O3S/c1-2-3-5-15-6-4-11-9-8(10(13)14)12-7-16-9/h2,7,11H,1,3-6H2,(H,13,14). The lowest BCUT2D eigenvalue weighted by atomic mass is 10.4. The lowest BCUT2D eigenvalue weighted by molar-refractivity contribution is 0.0692. The van der Waals surface area contributed by atoms with Gasteiger partial charge in [0, 0.05) is 6.54 Å². The van der Waals surface area contributed by atoms with E-state index in [-0.39, 0.29) is 5.69 Å². The van der Waals surface area contributed by atoms with Gasteiger partial charge in [0.15, 0.2) is 5.69 Å². The topological polar surface area (TPSA) is 71.5 Å². The smallest absolute Gasteiger partial charge is 0.357 e. The van der Waals surface area contributed by atoms with Gasteiger partial charge in [-0.15, -0.1) is 17.9 Å². The Hall–Kier alpha value is -1.40. The Bertz CT molecular complexity index is 352. The molecule has 16 heavy (non-hydrogen) atoms. The lowest BCUT2D eigenvalue weighted by Crippen LogP contribution is -2.11.